The number of carbonyl (C=O) groups is 11. The van der Waals surface area contributed by atoms with Crippen molar-refractivity contribution >= 4 is 65.1 Å². The quantitative estimate of drug-likeness (QED) is 0.0309. The first-order chi connectivity index (χ1) is 34.7. The molecule has 3 heterocycles. The van der Waals surface area contributed by atoms with E-state index in [0.717, 1.165) is 13.8 Å². The zero-order valence-electron chi connectivity index (χ0n) is 41.0. The van der Waals surface area contributed by atoms with Gasteiger partial charge in [0.25, 0.3) is 0 Å². The van der Waals surface area contributed by atoms with Gasteiger partial charge in [0.2, 0.25) is 53.2 Å². The highest BCUT2D eigenvalue weighted by Gasteiger charge is 2.56. The monoisotopic (exact) mass is 1060 g/mol. The molecule has 3 aliphatic heterocycles. The van der Waals surface area contributed by atoms with E-state index in [9.17, 15) is 78.3 Å². The highest BCUT2D eigenvalue weighted by molar-refractivity contribution is 5.94. The van der Waals surface area contributed by atoms with Crippen LogP contribution in [0.3, 0.4) is 0 Å². The second kappa shape index (κ2) is 29.0. The van der Waals surface area contributed by atoms with Gasteiger partial charge in [0, 0.05) is 26.8 Å². The lowest BCUT2D eigenvalue weighted by Crippen LogP contribution is -2.68. The summed E-state index contributed by atoms with van der Waals surface area (Å²) in [6.45, 7) is 3.98. The molecule has 17 atom stereocenters. The van der Waals surface area contributed by atoms with Crippen molar-refractivity contribution in [1.29, 1.82) is 0 Å². The summed E-state index contributed by atoms with van der Waals surface area (Å²) in [6, 6.07) is -11.4. The number of carboxylic acids is 2. The van der Waals surface area contributed by atoms with Crippen molar-refractivity contribution < 1.29 is 107 Å². The number of carbonyl (C=O) groups excluding carboxylic acids is 9. The van der Waals surface area contributed by atoms with Crippen LogP contribution in [-0.4, -0.2) is 226 Å². The van der Waals surface area contributed by atoms with Crippen LogP contribution in [0.2, 0.25) is 0 Å². The lowest BCUT2D eigenvalue weighted by molar-refractivity contribution is -0.313. The Kier molecular flexibility index (Phi) is 24.3. The largest absolute Gasteiger partial charge is 0.481 e. The van der Waals surface area contributed by atoms with Crippen LogP contribution in [0.4, 0.5) is 0 Å². The van der Waals surface area contributed by atoms with Crippen molar-refractivity contribution in [3.63, 3.8) is 0 Å². The SMILES string of the molecule is CC(=O)NC1C(OC2C3COC(O3)C(NC(C)=O)C2OC(C)C(=O)NC(C)C(=O)NC(CCC(=O)NC(CCCNC(=O)C(CO)NC(=O)C(N)CC(=O)O)C(=O)NC(C)C(=O)O)C(N)=O)OC(CO)C(O)C1O. The molecule has 3 fully saturated rings. The van der Waals surface area contributed by atoms with Crippen molar-refractivity contribution in [2.75, 3.05) is 26.4 Å². The minimum atomic E-state index is -1.70. The summed E-state index contributed by atoms with van der Waals surface area (Å²) in [4.78, 5) is 137. The zero-order valence-corrected chi connectivity index (χ0v) is 41.0. The minimum Gasteiger partial charge on any atom is -0.481 e. The molecular weight excluding hydrogens is 997 g/mol. The fraction of sp³-hybridized carbons (Fsp3) is 0.738. The van der Waals surface area contributed by atoms with E-state index in [0.29, 0.717) is 0 Å². The number of ether oxygens (including phenoxy) is 5. The van der Waals surface area contributed by atoms with E-state index in [1.807, 2.05) is 0 Å². The Balaban J connectivity index is 1.65. The van der Waals surface area contributed by atoms with Crippen molar-refractivity contribution in [2.45, 2.75) is 170 Å². The van der Waals surface area contributed by atoms with Crippen LogP contribution in [0.15, 0.2) is 0 Å². The summed E-state index contributed by atoms with van der Waals surface area (Å²) < 4.78 is 29.7. The molecule has 18 N–H and O–H groups in total. The average Bonchev–Trinajstić information content (AvgIpc) is 3.77. The molecule has 3 rings (SSSR count). The molecule has 0 spiro atoms. The number of fused-ring (bicyclic) bond motifs is 2. The molecule has 0 saturated carbocycles. The van der Waals surface area contributed by atoms with E-state index in [2.05, 4.69) is 42.5 Å². The highest BCUT2D eigenvalue weighted by Crippen LogP contribution is 2.35. The van der Waals surface area contributed by atoms with Crippen molar-refractivity contribution in [2.24, 2.45) is 11.5 Å². The topological polar surface area (TPSA) is 504 Å². The first-order valence-corrected chi connectivity index (χ1v) is 23.3. The molecule has 0 aliphatic carbocycles. The van der Waals surface area contributed by atoms with E-state index in [4.69, 9.17) is 40.3 Å². The maximum absolute atomic E-state index is 13.6. The third-order valence-corrected chi connectivity index (χ3v) is 11.7. The molecule has 32 nitrogen and oxygen atoms in total. The van der Waals surface area contributed by atoms with Crippen LogP contribution in [-0.2, 0) is 76.4 Å². The molecule has 0 radical (unpaired) electrons. The summed E-state index contributed by atoms with van der Waals surface area (Å²) >= 11 is 0. The lowest BCUT2D eigenvalue weighted by Gasteiger charge is -2.47. The number of aliphatic hydroxyl groups excluding tert-OH is 4. The van der Waals surface area contributed by atoms with Crippen molar-refractivity contribution in [3.05, 3.63) is 0 Å². The maximum Gasteiger partial charge on any atom is 0.325 e. The predicted molar refractivity (Wildman–Crippen MR) is 243 cm³/mol. The van der Waals surface area contributed by atoms with E-state index >= 15 is 0 Å². The fourth-order valence-corrected chi connectivity index (χ4v) is 7.68. The van der Waals surface area contributed by atoms with Crippen LogP contribution in [0.25, 0.3) is 0 Å². The van der Waals surface area contributed by atoms with Gasteiger partial charge in [-0.25, -0.2) is 0 Å². The lowest BCUT2D eigenvalue weighted by atomic mass is 9.95. The van der Waals surface area contributed by atoms with Gasteiger partial charge in [-0.05, 0) is 40.0 Å². The first kappa shape index (κ1) is 62.1. The van der Waals surface area contributed by atoms with Gasteiger partial charge in [0.15, 0.2) is 12.6 Å². The van der Waals surface area contributed by atoms with Crippen LogP contribution >= 0.6 is 0 Å². The molecule has 17 unspecified atom stereocenters. The molecule has 74 heavy (non-hydrogen) atoms. The molecule has 418 valence electrons. The van der Waals surface area contributed by atoms with Crippen molar-refractivity contribution in [1.82, 2.24) is 42.5 Å². The van der Waals surface area contributed by atoms with Gasteiger partial charge in [-0.2, -0.15) is 0 Å². The molecule has 3 aliphatic rings. The Hall–Kier alpha value is -6.23. The Bertz CT molecular complexity index is 2040. The summed E-state index contributed by atoms with van der Waals surface area (Å²) in [7, 11) is 0. The van der Waals surface area contributed by atoms with Gasteiger partial charge >= 0.3 is 11.9 Å². The Morgan fingerprint density at radius 3 is 1.91 bits per heavy atom. The number of aliphatic carboxylic acids is 2. The summed E-state index contributed by atoms with van der Waals surface area (Å²) in [6.07, 6.45) is -14.5. The van der Waals surface area contributed by atoms with Gasteiger partial charge in [0.1, 0.15) is 85.0 Å². The smallest absolute Gasteiger partial charge is 0.325 e. The first-order valence-electron chi connectivity index (χ1n) is 23.3. The number of nitrogens with one attached hydrogen (secondary N) is 8. The maximum atomic E-state index is 13.6. The normalized spacial score (nSPS) is 26.9. The molecule has 0 aromatic carbocycles. The van der Waals surface area contributed by atoms with Crippen LogP contribution < -0.4 is 54.0 Å². The second-order valence-electron chi connectivity index (χ2n) is 17.7. The van der Waals surface area contributed by atoms with Gasteiger partial charge < -0.3 is 108 Å². The fourth-order valence-electron chi connectivity index (χ4n) is 7.68. The standard InChI is InChI=1S/C42H68N10O22/c1-15(46-36(64)17(3)71-33-29(49-19(5)56)41-70-14-25(73-41)32(33)74-42-28(48-18(4)55)31(61)30(60)24(13-54)72-42)35(63)51-21(34(44)62)8-9-26(57)50-22(39(67)47-16(2)40(68)69)7-6-10-45-38(66)23(12-53)52-37(65)20(43)11-27(58)59/h15-17,20-25,28-33,41-42,53-54,60-61H,6-14,43H2,1-5H3,(H2,44,62)(H,45,66)(H,46,64)(H,47,67)(H,48,55)(H,49,56)(H,50,57)(H,51,63)(H,52,65)(H,58,59)(H,68,69). The molecular formula is C42H68N10O22. The Labute approximate surface area is 422 Å². The van der Waals surface area contributed by atoms with Gasteiger partial charge in [-0.1, -0.05) is 0 Å². The Morgan fingerprint density at radius 2 is 1.32 bits per heavy atom. The summed E-state index contributed by atoms with van der Waals surface area (Å²) in [5, 5.41) is 77.8. The van der Waals surface area contributed by atoms with Crippen LogP contribution in [0.1, 0.15) is 66.7 Å². The summed E-state index contributed by atoms with van der Waals surface area (Å²) in [5.41, 5.74) is 11.0. The molecule has 9 amide bonds. The molecule has 0 aromatic rings. The third kappa shape index (κ3) is 18.3. The number of amides is 9. The van der Waals surface area contributed by atoms with Crippen LogP contribution in [0.5, 0.6) is 0 Å². The average molecular weight is 1070 g/mol. The number of hydrogen-bond acceptors (Lipinski definition) is 21. The molecule has 3 saturated heterocycles. The van der Waals surface area contributed by atoms with E-state index in [1.54, 1.807) is 0 Å². The number of aliphatic hydroxyl groups is 4. The van der Waals surface area contributed by atoms with Gasteiger partial charge in [-0.3, -0.25) is 52.7 Å². The molecule has 32 heteroatoms. The second-order valence-corrected chi connectivity index (χ2v) is 17.7. The number of nitrogens with two attached hydrogens (primary N) is 2. The zero-order chi connectivity index (χ0) is 55.7. The summed E-state index contributed by atoms with van der Waals surface area (Å²) in [5.74, 6) is -10.8. The third-order valence-electron chi connectivity index (χ3n) is 11.7. The number of carboxylic acid groups (broad SMARTS) is 2. The number of primary amides is 1. The highest BCUT2D eigenvalue weighted by atomic mass is 16.8. The van der Waals surface area contributed by atoms with E-state index in [1.165, 1.54) is 20.8 Å². The van der Waals surface area contributed by atoms with E-state index in [-0.39, 0.29) is 26.0 Å². The van der Waals surface area contributed by atoms with Crippen molar-refractivity contribution in [3.8, 4) is 0 Å². The van der Waals surface area contributed by atoms with E-state index < -0.39 is 201 Å². The molecule has 2 bridgehead atoms. The predicted octanol–water partition coefficient (Wildman–Crippen LogP) is -9.15. The molecule has 0 aromatic heterocycles. The number of hydrogen-bond donors (Lipinski definition) is 16. The Morgan fingerprint density at radius 1 is 0.703 bits per heavy atom. The number of rotatable bonds is 29. The van der Waals surface area contributed by atoms with Gasteiger partial charge in [-0.15, -0.1) is 0 Å². The van der Waals surface area contributed by atoms with Gasteiger partial charge in [0.05, 0.1) is 32.3 Å². The van der Waals surface area contributed by atoms with Crippen LogP contribution in [0, 0.1) is 0 Å². The minimum absolute atomic E-state index is 0.0590.